The molecule has 1 amide bonds. The maximum absolute atomic E-state index is 12.9. The summed E-state index contributed by atoms with van der Waals surface area (Å²) in [4.78, 5) is 13.0. The fraction of sp³-hybridized carbons (Fsp3) is 0.259. The van der Waals surface area contributed by atoms with E-state index < -0.39 is 10.0 Å². The van der Waals surface area contributed by atoms with Gasteiger partial charge in [-0.05, 0) is 85.7 Å². The number of ether oxygens (including phenoxy) is 1. The van der Waals surface area contributed by atoms with Crippen molar-refractivity contribution in [2.24, 2.45) is 0 Å². The molecule has 0 aliphatic carbocycles. The number of benzene rings is 3. The van der Waals surface area contributed by atoms with Crippen LogP contribution in [0, 0.1) is 25.2 Å². The number of nitrogens with zero attached hydrogens (tertiary/aromatic N) is 2. The molecule has 3 aromatic carbocycles. The Morgan fingerprint density at radius 1 is 1.11 bits per heavy atom. The van der Waals surface area contributed by atoms with Crippen LogP contribution in [-0.4, -0.2) is 30.8 Å². The maximum Gasteiger partial charge on any atom is 0.252 e. The number of amides is 1. The number of nitriles is 1. The van der Waals surface area contributed by atoms with Crippen LogP contribution in [0.3, 0.4) is 0 Å². The van der Waals surface area contributed by atoms with E-state index in [1.54, 1.807) is 49.6 Å². The number of sulfonamides is 1. The third-order valence-corrected chi connectivity index (χ3v) is 8.91. The van der Waals surface area contributed by atoms with E-state index in [9.17, 15) is 13.2 Å². The number of carbonyl (C=O) groups is 1. The van der Waals surface area contributed by atoms with Crippen molar-refractivity contribution in [2.45, 2.75) is 38.5 Å². The van der Waals surface area contributed by atoms with E-state index in [0.717, 1.165) is 11.1 Å². The quantitative estimate of drug-likeness (QED) is 0.286. The van der Waals surface area contributed by atoms with Crippen LogP contribution in [0.25, 0.3) is 0 Å². The van der Waals surface area contributed by atoms with Gasteiger partial charge in [0.25, 0.3) is 10.0 Å². The molecule has 0 aliphatic heterocycles. The summed E-state index contributed by atoms with van der Waals surface area (Å²) in [6, 6.07) is 17.0. The third kappa shape index (κ3) is 7.27. The van der Waals surface area contributed by atoms with Gasteiger partial charge >= 0.3 is 0 Å². The highest BCUT2D eigenvalue weighted by Crippen LogP contribution is 2.30. The molecule has 194 valence electrons. The van der Waals surface area contributed by atoms with Crippen LogP contribution in [0.15, 0.2) is 59.5 Å². The first-order valence-electron chi connectivity index (χ1n) is 11.5. The molecular formula is C27H28ClN3O4S2. The number of anilines is 1. The van der Waals surface area contributed by atoms with Crippen molar-refractivity contribution in [3.05, 3.63) is 81.9 Å². The van der Waals surface area contributed by atoms with E-state index in [0.29, 0.717) is 46.3 Å². The zero-order valence-corrected chi connectivity index (χ0v) is 23.4. The number of carbonyl (C=O) groups excluding carboxylic acids is 1. The SMILES string of the molecule is CCCN(SC)S(=O)(=O)c1ccc(NC(=O)Cc2ccc(C)c(Oc3cc(Cl)cc(C#N)c3)c2)c(C)c1. The minimum atomic E-state index is -3.63. The molecule has 0 heterocycles. The van der Waals surface area contributed by atoms with Gasteiger partial charge in [-0.25, -0.2) is 8.42 Å². The van der Waals surface area contributed by atoms with E-state index >= 15 is 0 Å². The maximum atomic E-state index is 12.9. The number of halogens is 1. The van der Waals surface area contributed by atoms with Crippen molar-refractivity contribution >= 4 is 45.2 Å². The Morgan fingerprint density at radius 3 is 2.51 bits per heavy atom. The Morgan fingerprint density at radius 2 is 1.86 bits per heavy atom. The fourth-order valence-corrected chi connectivity index (χ4v) is 6.46. The lowest BCUT2D eigenvalue weighted by Crippen LogP contribution is -2.25. The Balaban J connectivity index is 1.74. The van der Waals surface area contributed by atoms with E-state index in [1.807, 2.05) is 32.0 Å². The normalized spacial score (nSPS) is 11.3. The molecule has 0 atom stereocenters. The standard InChI is InChI=1S/C27H28ClN3O4S2/c1-5-10-31(36-4)37(33,34)24-8-9-25(19(3)11-24)30-27(32)15-20-7-6-18(2)26(14-20)35-23-13-21(17-29)12-22(28)16-23/h6-9,11-14,16H,5,10,15H2,1-4H3,(H,30,32). The molecule has 0 radical (unpaired) electrons. The van der Waals surface area contributed by atoms with Gasteiger partial charge < -0.3 is 10.1 Å². The minimum Gasteiger partial charge on any atom is -0.457 e. The average Bonchev–Trinajstić information content (AvgIpc) is 2.85. The van der Waals surface area contributed by atoms with E-state index in [4.69, 9.17) is 21.6 Å². The van der Waals surface area contributed by atoms with Crippen molar-refractivity contribution in [1.29, 1.82) is 5.26 Å². The first-order valence-corrected chi connectivity index (χ1v) is 14.5. The summed E-state index contributed by atoms with van der Waals surface area (Å²) in [6.45, 7) is 5.98. The molecule has 0 aliphatic rings. The summed E-state index contributed by atoms with van der Waals surface area (Å²) < 4.78 is 33.1. The number of hydrogen-bond acceptors (Lipinski definition) is 6. The Bertz CT molecular complexity index is 1450. The van der Waals surface area contributed by atoms with Crippen LogP contribution in [0.5, 0.6) is 11.5 Å². The molecule has 37 heavy (non-hydrogen) atoms. The lowest BCUT2D eigenvalue weighted by molar-refractivity contribution is -0.115. The fourth-order valence-electron chi connectivity index (χ4n) is 3.60. The highest BCUT2D eigenvalue weighted by atomic mass is 35.5. The van der Waals surface area contributed by atoms with E-state index in [2.05, 4.69) is 5.32 Å². The predicted molar refractivity (Wildman–Crippen MR) is 149 cm³/mol. The van der Waals surface area contributed by atoms with Gasteiger partial charge in [0.15, 0.2) is 0 Å². The van der Waals surface area contributed by atoms with Crippen molar-refractivity contribution < 1.29 is 17.9 Å². The molecule has 3 aromatic rings. The molecule has 1 N–H and O–H groups in total. The number of hydrogen-bond donors (Lipinski definition) is 1. The van der Waals surface area contributed by atoms with Crippen molar-refractivity contribution in [2.75, 3.05) is 18.1 Å². The van der Waals surface area contributed by atoms with Crippen molar-refractivity contribution in [3.8, 4) is 17.6 Å². The van der Waals surface area contributed by atoms with Gasteiger partial charge in [-0.1, -0.05) is 42.6 Å². The predicted octanol–water partition coefficient (Wildman–Crippen LogP) is 6.48. The topological polar surface area (TPSA) is 99.5 Å². The molecule has 0 spiro atoms. The molecule has 0 fully saturated rings. The van der Waals surface area contributed by atoms with Gasteiger partial charge in [-0.3, -0.25) is 4.79 Å². The molecule has 7 nitrogen and oxygen atoms in total. The van der Waals surface area contributed by atoms with Gasteiger partial charge in [0.2, 0.25) is 5.91 Å². The first kappa shape index (κ1) is 28.5. The van der Waals surface area contributed by atoms with Gasteiger partial charge in [-0.2, -0.15) is 5.26 Å². The highest BCUT2D eigenvalue weighted by molar-refractivity contribution is 8.08. The summed E-state index contributed by atoms with van der Waals surface area (Å²) in [5, 5.41) is 12.4. The van der Waals surface area contributed by atoms with Crippen molar-refractivity contribution in [1.82, 2.24) is 3.71 Å². The summed E-state index contributed by atoms with van der Waals surface area (Å²) in [5.74, 6) is 0.728. The largest absolute Gasteiger partial charge is 0.457 e. The van der Waals surface area contributed by atoms with Gasteiger partial charge in [0, 0.05) is 17.3 Å². The zero-order valence-electron chi connectivity index (χ0n) is 21.0. The smallest absolute Gasteiger partial charge is 0.252 e. The Hall–Kier alpha value is -3.03. The van der Waals surface area contributed by atoms with Crippen LogP contribution in [-0.2, 0) is 21.2 Å². The average molecular weight is 558 g/mol. The molecule has 0 saturated carbocycles. The summed E-state index contributed by atoms with van der Waals surface area (Å²) in [5.41, 5.74) is 3.16. The summed E-state index contributed by atoms with van der Waals surface area (Å²) in [6.07, 6.45) is 2.53. The minimum absolute atomic E-state index is 0.0892. The monoisotopic (exact) mass is 557 g/mol. The molecular weight excluding hydrogens is 530 g/mol. The summed E-state index contributed by atoms with van der Waals surface area (Å²) >= 11 is 7.24. The number of rotatable bonds is 10. The van der Waals surface area contributed by atoms with Gasteiger partial charge in [0.05, 0.1) is 22.9 Å². The lowest BCUT2D eigenvalue weighted by Gasteiger charge is -2.19. The lowest BCUT2D eigenvalue weighted by atomic mass is 10.1. The van der Waals surface area contributed by atoms with Crippen LogP contribution >= 0.6 is 23.5 Å². The van der Waals surface area contributed by atoms with E-state index in [1.165, 1.54) is 21.7 Å². The molecule has 3 rings (SSSR count). The molecule has 10 heteroatoms. The zero-order chi connectivity index (χ0) is 27.2. The van der Waals surface area contributed by atoms with Crippen LogP contribution in [0.1, 0.15) is 35.6 Å². The molecule has 0 saturated heterocycles. The summed E-state index contributed by atoms with van der Waals surface area (Å²) in [7, 11) is -3.63. The molecule has 0 bridgehead atoms. The van der Waals surface area contributed by atoms with Gasteiger partial charge in [-0.15, -0.1) is 3.71 Å². The number of aryl methyl sites for hydroxylation is 2. The first-order chi connectivity index (χ1) is 17.6. The highest BCUT2D eigenvalue weighted by Gasteiger charge is 2.24. The van der Waals surface area contributed by atoms with Gasteiger partial charge in [0.1, 0.15) is 11.5 Å². The second kappa shape index (κ2) is 12.5. The second-order valence-electron chi connectivity index (χ2n) is 8.40. The van der Waals surface area contributed by atoms with Crippen LogP contribution in [0.2, 0.25) is 5.02 Å². The van der Waals surface area contributed by atoms with Crippen LogP contribution < -0.4 is 10.1 Å². The third-order valence-electron chi connectivity index (χ3n) is 5.49. The number of nitrogens with one attached hydrogen (secondary N) is 1. The van der Waals surface area contributed by atoms with Crippen molar-refractivity contribution in [3.63, 3.8) is 0 Å². The molecule has 0 unspecified atom stereocenters. The Kier molecular flexibility index (Phi) is 9.62. The molecule has 0 aromatic heterocycles. The second-order valence-corrected chi connectivity index (χ2v) is 11.7. The van der Waals surface area contributed by atoms with Crippen LogP contribution in [0.4, 0.5) is 5.69 Å². The Labute approximate surface area is 227 Å². The van der Waals surface area contributed by atoms with E-state index in [-0.39, 0.29) is 17.2 Å².